The van der Waals surface area contributed by atoms with Gasteiger partial charge in [0.2, 0.25) is 0 Å². The summed E-state index contributed by atoms with van der Waals surface area (Å²) in [5.41, 5.74) is 0.990. The fourth-order valence-corrected chi connectivity index (χ4v) is 2.82. The zero-order chi connectivity index (χ0) is 7.14. The van der Waals surface area contributed by atoms with Gasteiger partial charge in [0.25, 0.3) is 0 Å². The number of fused-ring (bicyclic) bond motifs is 1. The van der Waals surface area contributed by atoms with Crippen LogP contribution in [0, 0.1) is 3.01 Å². The second-order valence-corrected chi connectivity index (χ2v) is 5.39. The first-order chi connectivity index (χ1) is 4.75. The SMILES string of the molecule is Ic1nc2cn(I)nc2s1. The quantitative estimate of drug-likeness (QED) is 0.660. The van der Waals surface area contributed by atoms with E-state index in [9.17, 15) is 0 Å². The predicted octanol–water partition coefficient (Wildman–Crippen LogP) is 2.30. The summed E-state index contributed by atoms with van der Waals surface area (Å²) in [6, 6.07) is 0. The lowest BCUT2D eigenvalue weighted by atomic mass is 10.7. The van der Waals surface area contributed by atoms with Crippen LogP contribution in [0.1, 0.15) is 0 Å². The summed E-state index contributed by atoms with van der Waals surface area (Å²) < 4.78 is 2.80. The van der Waals surface area contributed by atoms with Gasteiger partial charge in [-0.15, -0.1) is 0 Å². The molecule has 0 amide bonds. The monoisotopic (exact) mass is 377 g/mol. The molecule has 2 aromatic heterocycles. The number of halogens is 2. The molecule has 0 saturated carbocycles. The van der Waals surface area contributed by atoms with Crippen LogP contribution < -0.4 is 0 Å². The van der Waals surface area contributed by atoms with Crippen molar-refractivity contribution in [2.75, 3.05) is 0 Å². The molecule has 0 aliphatic rings. The van der Waals surface area contributed by atoms with Crippen LogP contribution in [0.4, 0.5) is 0 Å². The smallest absolute Gasteiger partial charge is 0.167 e. The Kier molecular flexibility index (Phi) is 1.84. The van der Waals surface area contributed by atoms with Crippen molar-refractivity contribution in [1.82, 2.24) is 13.0 Å². The third-order valence-electron chi connectivity index (χ3n) is 1.02. The zero-order valence-electron chi connectivity index (χ0n) is 4.58. The fraction of sp³-hybridized carbons (Fsp3) is 0. The molecule has 10 heavy (non-hydrogen) atoms. The number of aromatic nitrogens is 3. The van der Waals surface area contributed by atoms with E-state index in [-0.39, 0.29) is 0 Å². The Morgan fingerprint density at radius 3 is 3.10 bits per heavy atom. The van der Waals surface area contributed by atoms with Crippen LogP contribution in [-0.4, -0.2) is 13.0 Å². The van der Waals surface area contributed by atoms with Crippen molar-refractivity contribution < 1.29 is 0 Å². The minimum Gasteiger partial charge on any atom is -0.227 e. The predicted molar refractivity (Wildman–Crippen MR) is 57.5 cm³/mol. The molecule has 0 atom stereocenters. The van der Waals surface area contributed by atoms with E-state index in [0.29, 0.717) is 0 Å². The molecular formula is C4HI2N3S. The van der Waals surface area contributed by atoms with Gasteiger partial charge in [-0.3, -0.25) is 0 Å². The van der Waals surface area contributed by atoms with E-state index in [1.165, 1.54) is 0 Å². The summed E-state index contributed by atoms with van der Waals surface area (Å²) in [6.45, 7) is 0. The third-order valence-corrected chi connectivity index (χ3v) is 3.16. The Morgan fingerprint density at radius 1 is 1.60 bits per heavy atom. The number of hydrogen-bond donors (Lipinski definition) is 0. The summed E-state index contributed by atoms with van der Waals surface area (Å²) in [6.07, 6.45) is 1.91. The van der Waals surface area contributed by atoms with Gasteiger partial charge in [-0.2, -0.15) is 5.10 Å². The molecular weight excluding hydrogens is 376 g/mol. The molecule has 0 aliphatic carbocycles. The normalized spacial score (nSPS) is 11.0. The molecule has 2 aromatic rings. The molecule has 6 heteroatoms. The maximum atomic E-state index is 4.25. The first kappa shape index (κ1) is 7.22. The van der Waals surface area contributed by atoms with Gasteiger partial charge in [0.15, 0.2) is 7.84 Å². The van der Waals surface area contributed by atoms with E-state index in [1.807, 2.05) is 6.20 Å². The molecule has 3 nitrogen and oxygen atoms in total. The van der Waals surface area contributed by atoms with E-state index in [1.54, 1.807) is 14.2 Å². The van der Waals surface area contributed by atoms with Gasteiger partial charge in [0.1, 0.15) is 5.52 Å². The largest absolute Gasteiger partial charge is 0.227 e. The number of hydrogen-bond acceptors (Lipinski definition) is 3. The molecule has 2 heterocycles. The standard InChI is InChI=1S/C4HI2N3S/c5-4-7-2-1-9(6)8-3(2)10-4/h1H. The first-order valence-electron chi connectivity index (χ1n) is 2.43. The minimum absolute atomic E-state index is 0.990. The van der Waals surface area contributed by atoms with Crippen LogP contribution in [0.2, 0.25) is 0 Å². The average Bonchev–Trinajstić information content (AvgIpc) is 2.21. The molecule has 0 bridgehead atoms. The molecule has 0 aliphatic heterocycles. The van der Waals surface area contributed by atoms with Crippen molar-refractivity contribution >= 4 is 67.1 Å². The molecule has 0 unspecified atom stereocenters. The molecule has 0 radical (unpaired) electrons. The van der Waals surface area contributed by atoms with Gasteiger partial charge >= 0.3 is 0 Å². The topological polar surface area (TPSA) is 30.7 Å². The van der Waals surface area contributed by atoms with Gasteiger partial charge in [0.05, 0.1) is 29.1 Å². The summed E-state index contributed by atoms with van der Waals surface area (Å²) >= 11 is 5.92. The second kappa shape index (κ2) is 2.55. The second-order valence-electron chi connectivity index (χ2n) is 1.67. The Balaban J connectivity index is 2.83. The van der Waals surface area contributed by atoms with Crippen LogP contribution >= 0.6 is 56.8 Å². The fourth-order valence-electron chi connectivity index (χ4n) is 0.670. The maximum Gasteiger partial charge on any atom is 0.167 e. The van der Waals surface area contributed by atoms with Gasteiger partial charge in [-0.25, -0.2) is 7.88 Å². The van der Waals surface area contributed by atoms with E-state index in [2.05, 4.69) is 55.5 Å². The van der Waals surface area contributed by atoms with Crippen molar-refractivity contribution in [3.8, 4) is 0 Å². The lowest BCUT2D eigenvalue weighted by Crippen LogP contribution is -1.74. The first-order valence-corrected chi connectivity index (χ1v) is 5.29. The zero-order valence-corrected chi connectivity index (χ0v) is 9.71. The van der Waals surface area contributed by atoms with Gasteiger partial charge in [0, 0.05) is 0 Å². The molecule has 52 valence electrons. The van der Waals surface area contributed by atoms with Crippen LogP contribution in [0.15, 0.2) is 6.20 Å². The summed E-state index contributed by atoms with van der Waals surface area (Å²) in [4.78, 5) is 5.26. The van der Waals surface area contributed by atoms with E-state index in [0.717, 1.165) is 13.4 Å². The summed E-state index contributed by atoms with van der Waals surface area (Å²) in [5.74, 6) is 0. The highest BCUT2D eigenvalue weighted by Gasteiger charge is 2.03. The highest BCUT2D eigenvalue weighted by atomic mass is 127. The van der Waals surface area contributed by atoms with E-state index < -0.39 is 0 Å². The Hall–Kier alpha value is 0.560. The van der Waals surface area contributed by atoms with Crippen molar-refractivity contribution in [3.05, 3.63) is 9.21 Å². The lowest BCUT2D eigenvalue weighted by Gasteiger charge is -1.76. The molecule has 0 fully saturated rings. The minimum atomic E-state index is 0.990. The van der Waals surface area contributed by atoms with Crippen molar-refractivity contribution in [2.45, 2.75) is 0 Å². The molecule has 0 aromatic carbocycles. The molecule has 2 rings (SSSR count). The van der Waals surface area contributed by atoms with Gasteiger partial charge in [-0.05, 0) is 22.6 Å². The number of rotatable bonds is 0. The van der Waals surface area contributed by atoms with Crippen LogP contribution in [0.3, 0.4) is 0 Å². The highest BCUT2D eigenvalue weighted by molar-refractivity contribution is 14.1. The van der Waals surface area contributed by atoms with Crippen molar-refractivity contribution in [3.63, 3.8) is 0 Å². The van der Waals surface area contributed by atoms with Crippen LogP contribution in [-0.2, 0) is 0 Å². The van der Waals surface area contributed by atoms with Gasteiger partial charge in [-0.1, -0.05) is 11.3 Å². The Bertz CT molecular complexity index is 302. The number of thiazole rings is 1. The maximum absolute atomic E-state index is 4.25. The van der Waals surface area contributed by atoms with E-state index >= 15 is 0 Å². The molecule has 0 spiro atoms. The lowest BCUT2D eigenvalue weighted by molar-refractivity contribution is 1.09. The van der Waals surface area contributed by atoms with Crippen molar-refractivity contribution in [1.29, 1.82) is 0 Å². The average molecular weight is 377 g/mol. The third kappa shape index (κ3) is 1.16. The van der Waals surface area contributed by atoms with E-state index in [4.69, 9.17) is 0 Å². The van der Waals surface area contributed by atoms with Crippen LogP contribution in [0.5, 0.6) is 0 Å². The van der Waals surface area contributed by atoms with Gasteiger partial charge < -0.3 is 0 Å². The Morgan fingerprint density at radius 2 is 2.40 bits per heavy atom. The Labute approximate surface area is 88.5 Å². The van der Waals surface area contributed by atoms with Crippen molar-refractivity contribution in [2.24, 2.45) is 0 Å². The number of nitrogens with zero attached hydrogens (tertiary/aromatic N) is 3. The molecule has 0 saturated heterocycles. The van der Waals surface area contributed by atoms with Crippen LogP contribution in [0.25, 0.3) is 10.3 Å². The summed E-state index contributed by atoms with van der Waals surface area (Å²) in [5, 5.41) is 4.19. The molecule has 0 N–H and O–H groups in total. The summed E-state index contributed by atoms with van der Waals surface area (Å²) in [7, 11) is 0. The highest BCUT2D eigenvalue weighted by Crippen LogP contribution is 2.21.